The molecule has 1 aliphatic heterocycles. The van der Waals surface area contributed by atoms with Gasteiger partial charge < -0.3 is 10.1 Å². The van der Waals surface area contributed by atoms with Gasteiger partial charge in [0, 0.05) is 23.1 Å². The van der Waals surface area contributed by atoms with E-state index >= 15 is 0 Å². The Hall–Kier alpha value is -0.510. The van der Waals surface area contributed by atoms with Crippen molar-refractivity contribution in [3.63, 3.8) is 0 Å². The summed E-state index contributed by atoms with van der Waals surface area (Å²) in [5.74, 6) is 0. The Morgan fingerprint density at radius 2 is 2.05 bits per heavy atom. The van der Waals surface area contributed by atoms with Crippen LogP contribution in [0.15, 0.2) is 24.3 Å². The molecule has 1 N–H and O–H groups in total. The molecule has 2 rings (SSSR count). The van der Waals surface area contributed by atoms with E-state index in [1.54, 1.807) is 0 Å². The normalized spacial score (nSPS) is 25.6. The van der Waals surface area contributed by atoms with Crippen molar-refractivity contribution < 1.29 is 4.74 Å². The Balaban J connectivity index is 2.05. The second kappa shape index (κ2) is 7.48. The minimum atomic E-state index is 0.391. The molecule has 0 aliphatic carbocycles. The number of benzene rings is 1. The number of nitrogens with one attached hydrogen (secondary N) is 1. The Morgan fingerprint density at radius 1 is 1.35 bits per heavy atom. The standard InChI is InChI=1S/C17H27NOS/c1-5-18-17(15-8-6-12(2)7-9-15)14(4)20-16-10-11-19-13(16)3/h6-9,13-14,16-18H,5,10-11H2,1-4H3. The summed E-state index contributed by atoms with van der Waals surface area (Å²) in [7, 11) is 0. The molecule has 4 atom stereocenters. The zero-order valence-electron chi connectivity index (χ0n) is 13.1. The molecule has 1 saturated heterocycles. The minimum Gasteiger partial charge on any atom is -0.377 e. The third kappa shape index (κ3) is 4.00. The zero-order chi connectivity index (χ0) is 14.5. The summed E-state index contributed by atoms with van der Waals surface area (Å²) in [5, 5.41) is 4.83. The molecule has 112 valence electrons. The van der Waals surface area contributed by atoms with Gasteiger partial charge in [-0.3, -0.25) is 0 Å². The van der Waals surface area contributed by atoms with Gasteiger partial charge >= 0.3 is 0 Å². The van der Waals surface area contributed by atoms with Crippen LogP contribution in [0.25, 0.3) is 0 Å². The van der Waals surface area contributed by atoms with Gasteiger partial charge in [-0.15, -0.1) is 0 Å². The van der Waals surface area contributed by atoms with Crippen molar-refractivity contribution in [2.45, 2.75) is 56.8 Å². The first-order valence-electron chi connectivity index (χ1n) is 7.68. The molecular formula is C17H27NOS. The second-order valence-electron chi connectivity index (χ2n) is 5.69. The van der Waals surface area contributed by atoms with Crippen LogP contribution in [0.3, 0.4) is 0 Å². The molecule has 3 heteroatoms. The fourth-order valence-corrected chi connectivity index (χ4v) is 4.29. The second-order valence-corrected chi connectivity index (χ2v) is 7.31. The highest BCUT2D eigenvalue weighted by Crippen LogP contribution is 2.35. The number of aryl methyl sites for hydroxylation is 1. The molecular weight excluding hydrogens is 266 g/mol. The molecule has 1 aromatic rings. The van der Waals surface area contributed by atoms with E-state index in [-0.39, 0.29) is 0 Å². The van der Waals surface area contributed by atoms with E-state index in [0.29, 0.717) is 22.6 Å². The smallest absolute Gasteiger partial charge is 0.0666 e. The monoisotopic (exact) mass is 293 g/mol. The van der Waals surface area contributed by atoms with E-state index in [4.69, 9.17) is 4.74 Å². The van der Waals surface area contributed by atoms with Crippen molar-refractivity contribution >= 4 is 11.8 Å². The molecule has 1 fully saturated rings. The molecule has 1 aliphatic rings. The first-order valence-corrected chi connectivity index (χ1v) is 8.63. The third-order valence-electron chi connectivity index (χ3n) is 4.03. The van der Waals surface area contributed by atoms with Crippen LogP contribution in [0.5, 0.6) is 0 Å². The Morgan fingerprint density at radius 3 is 2.60 bits per heavy atom. The summed E-state index contributed by atoms with van der Waals surface area (Å²) in [6.45, 7) is 10.8. The predicted octanol–water partition coefficient (Wildman–Crippen LogP) is 3.94. The molecule has 0 amide bonds. The van der Waals surface area contributed by atoms with Crippen LogP contribution in [-0.4, -0.2) is 29.8 Å². The maximum Gasteiger partial charge on any atom is 0.0666 e. The van der Waals surface area contributed by atoms with Gasteiger partial charge in [-0.1, -0.05) is 43.7 Å². The van der Waals surface area contributed by atoms with E-state index in [0.717, 1.165) is 13.2 Å². The molecule has 1 aromatic carbocycles. The lowest BCUT2D eigenvalue weighted by atomic mass is 10.0. The van der Waals surface area contributed by atoms with E-state index in [1.807, 2.05) is 0 Å². The highest BCUT2D eigenvalue weighted by molar-refractivity contribution is 8.00. The molecule has 0 bridgehead atoms. The van der Waals surface area contributed by atoms with Crippen LogP contribution in [0.1, 0.15) is 44.4 Å². The lowest BCUT2D eigenvalue weighted by Gasteiger charge is -2.28. The number of hydrogen-bond acceptors (Lipinski definition) is 3. The van der Waals surface area contributed by atoms with E-state index in [9.17, 15) is 0 Å². The van der Waals surface area contributed by atoms with Crippen molar-refractivity contribution in [1.29, 1.82) is 0 Å². The van der Waals surface area contributed by atoms with Crippen molar-refractivity contribution in [2.75, 3.05) is 13.2 Å². The summed E-state index contributed by atoms with van der Waals surface area (Å²) in [6.07, 6.45) is 1.57. The van der Waals surface area contributed by atoms with Crippen molar-refractivity contribution in [1.82, 2.24) is 5.32 Å². The third-order valence-corrected chi connectivity index (χ3v) is 5.70. The van der Waals surface area contributed by atoms with Gasteiger partial charge in [0.05, 0.1) is 6.10 Å². The Labute approximate surface area is 127 Å². The molecule has 2 nitrogen and oxygen atoms in total. The fraction of sp³-hybridized carbons (Fsp3) is 0.647. The van der Waals surface area contributed by atoms with Gasteiger partial charge in [-0.25, -0.2) is 0 Å². The lowest BCUT2D eigenvalue weighted by Crippen LogP contribution is -2.30. The van der Waals surface area contributed by atoms with Gasteiger partial charge in [0.2, 0.25) is 0 Å². The number of hydrogen-bond donors (Lipinski definition) is 1. The van der Waals surface area contributed by atoms with Crippen LogP contribution in [0.4, 0.5) is 0 Å². The number of thioether (sulfide) groups is 1. The van der Waals surface area contributed by atoms with Gasteiger partial charge in [0.15, 0.2) is 0 Å². The summed E-state index contributed by atoms with van der Waals surface area (Å²) >= 11 is 2.07. The zero-order valence-corrected chi connectivity index (χ0v) is 13.9. The van der Waals surface area contributed by atoms with Gasteiger partial charge in [-0.05, 0) is 32.4 Å². The van der Waals surface area contributed by atoms with Crippen molar-refractivity contribution in [2.24, 2.45) is 0 Å². The van der Waals surface area contributed by atoms with Gasteiger partial charge in [0.1, 0.15) is 0 Å². The summed E-state index contributed by atoms with van der Waals surface area (Å²) < 4.78 is 5.69. The van der Waals surface area contributed by atoms with Crippen molar-refractivity contribution in [3.05, 3.63) is 35.4 Å². The highest BCUT2D eigenvalue weighted by Gasteiger charge is 2.29. The van der Waals surface area contributed by atoms with Crippen LogP contribution in [-0.2, 0) is 4.74 Å². The largest absolute Gasteiger partial charge is 0.377 e. The van der Waals surface area contributed by atoms with E-state index < -0.39 is 0 Å². The fourth-order valence-electron chi connectivity index (χ4n) is 2.79. The average molecular weight is 293 g/mol. The first-order chi connectivity index (χ1) is 9.61. The van der Waals surface area contributed by atoms with Crippen LogP contribution >= 0.6 is 11.8 Å². The topological polar surface area (TPSA) is 21.3 Å². The summed E-state index contributed by atoms with van der Waals surface area (Å²) in [5.41, 5.74) is 2.71. The highest BCUT2D eigenvalue weighted by atomic mass is 32.2. The average Bonchev–Trinajstić information content (AvgIpc) is 2.83. The maximum atomic E-state index is 5.69. The molecule has 0 aromatic heterocycles. The summed E-state index contributed by atoms with van der Waals surface area (Å²) in [4.78, 5) is 0. The molecule has 20 heavy (non-hydrogen) atoms. The number of ether oxygens (including phenoxy) is 1. The summed E-state index contributed by atoms with van der Waals surface area (Å²) in [6, 6.07) is 9.35. The SMILES string of the molecule is CCNC(c1ccc(C)cc1)C(C)SC1CCOC1C. The molecule has 0 spiro atoms. The van der Waals surface area contributed by atoms with E-state index in [2.05, 4.69) is 69.0 Å². The van der Waals surface area contributed by atoms with Crippen LogP contribution in [0.2, 0.25) is 0 Å². The Kier molecular flexibility index (Phi) is 5.94. The first kappa shape index (κ1) is 15.9. The van der Waals surface area contributed by atoms with Crippen LogP contribution < -0.4 is 5.32 Å². The lowest BCUT2D eigenvalue weighted by molar-refractivity contribution is 0.127. The van der Waals surface area contributed by atoms with Gasteiger partial charge in [0.25, 0.3) is 0 Å². The predicted molar refractivity (Wildman–Crippen MR) is 88.5 cm³/mol. The Bertz CT molecular complexity index is 406. The maximum absolute atomic E-state index is 5.69. The molecule has 4 unspecified atom stereocenters. The minimum absolute atomic E-state index is 0.391. The van der Waals surface area contributed by atoms with Crippen LogP contribution in [0, 0.1) is 6.92 Å². The van der Waals surface area contributed by atoms with Gasteiger partial charge in [-0.2, -0.15) is 11.8 Å². The molecule has 0 saturated carbocycles. The molecule has 0 radical (unpaired) electrons. The van der Waals surface area contributed by atoms with E-state index in [1.165, 1.54) is 17.5 Å². The quantitative estimate of drug-likeness (QED) is 0.858. The molecule has 1 heterocycles. The van der Waals surface area contributed by atoms with Crippen molar-refractivity contribution in [3.8, 4) is 0 Å². The number of rotatable bonds is 6.